The Kier molecular flexibility index (Phi) is 4.88. The van der Waals surface area contributed by atoms with Crippen LogP contribution in [0.15, 0.2) is 24.3 Å². The highest BCUT2D eigenvalue weighted by Gasteiger charge is 2.46. The SMILES string of the molecule is CCC[C@]1(C)NC(=O)N(Cc2cccc(OCC(N)=O)c2)C1=O. The van der Waals surface area contributed by atoms with E-state index in [1.807, 2.05) is 6.92 Å². The average molecular weight is 319 g/mol. The summed E-state index contributed by atoms with van der Waals surface area (Å²) >= 11 is 0. The second kappa shape index (κ2) is 6.68. The maximum atomic E-state index is 12.5. The minimum Gasteiger partial charge on any atom is -0.484 e. The molecule has 1 aliphatic rings. The van der Waals surface area contributed by atoms with Crippen LogP contribution in [0.5, 0.6) is 5.75 Å². The van der Waals surface area contributed by atoms with Gasteiger partial charge in [0.05, 0.1) is 6.54 Å². The van der Waals surface area contributed by atoms with E-state index >= 15 is 0 Å². The lowest BCUT2D eigenvalue weighted by molar-refractivity contribution is -0.131. The number of carbonyl (C=O) groups excluding carboxylic acids is 3. The molecule has 0 radical (unpaired) electrons. The zero-order valence-corrected chi connectivity index (χ0v) is 13.3. The molecule has 0 aromatic heterocycles. The van der Waals surface area contributed by atoms with Crippen molar-refractivity contribution in [1.82, 2.24) is 10.2 Å². The van der Waals surface area contributed by atoms with Crippen molar-refractivity contribution in [3.63, 3.8) is 0 Å². The first-order valence-corrected chi connectivity index (χ1v) is 7.50. The quantitative estimate of drug-likeness (QED) is 0.736. The Bertz CT molecular complexity index is 632. The van der Waals surface area contributed by atoms with E-state index in [1.54, 1.807) is 31.2 Å². The number of nitrogens with one attached hydrogen (secondary N) is 1. The molecule has 0 spiro atoms. The maximum Gasteiger partial charge on any atom is 0.325 e. The number of nitrogens with zero attached hydrogens (tertiary/aromatic N) is 1. The fourth-order valence-electron chi connectivity index (χ4n) is 2.63. The Morgan fingerprint density at radius 1 is 1.39 bits per heavy atom. The smallest absolute Gasteiger partial charge is 0.325 e. The van der Waals surface area contributed by atoms with Gasteiger partial charge in [-0.15, -0.1) is 0 Å². The summed E-state index contributed by atoms with van der Waals surface area (Å²) < 4.78 is 5.23. The number of amides is 4. The first-order valence-electron chi connectivity index (χ1n) is 7.50. The molecule has 0 saturated carbocycles. The topological polar surface area (TPSA) is 102 Å². The molecule has 0 aliphatic carbocycles. The van der Waals surface area contributed by atoms with E-state index in [-0.39, 0.29) is 19.1 Å². The molecule has 0 unspecified atom stereocenters. The van der Waals surface area contributed by atoms with Crippen molar-refractivity contribution >= 4 is 17.8 Å². The summed E-state index contributed by atoms with van der Waals surface area (Å²) in [5, 5.41) is 2.75. The number of hydrogen-bond acceptors (Lipinski definition) is 4. The highest BCUT2D eigenvalue weighted by molar-refractivity contribution is 6.06. The van der Waals surface area contributed by atoms with E-state index in [1.165, 1.54) is 4.90 Å². The molecular formula is C16H21N3O4. The molecule has 1 fully saturated rings. The monoisotopic (exact) mass is 319 g/mol. The maximum absolute atomic E-state index is 12.5. The Labute approximate surface area is 134 Å². The highest BCUT2D eigenvalue weighted by Crippen LogP contribution is 2.25. The summed E-state index contributed by atoms with van der Waals surface area (Å²) in [7, 11) is 0. The minimum atomic E-state index is -0.841. The van der Waals surface area contributed by atoms with Gasteiger partial charge in [0.25, 0.3) is 11.8 Å². The molecule has 124 valence electrons. The lowest BCUT2D eigenvalue weighted by Gasteiger charge is -2.20. The molecule has 1 saturated heterocycles. The Morgan fingerprint density at radius 2 is 2.13 bits per heavy atom. The fraction of sp³-hybridized carbons (Fsp3) is 0.438. The van der Waals surface area contributed by atoms with Gasteiger partial charge in [-0.05, 0) is 31.0 Å². The zero-order valence-electron chi connectivity index (χ0n) is 13.3. The van der Waals surface area contributed by atoms with Crippen molar-refractivity contribution < 1.29 is 19.1 Å². The zero-order chi connectivity index (χ0) is 17.0. The number of primary amides is 1. The number of nitrogens with two attached hydrogens (primary N) is 1. The van der Waals surface area contributed by atoms with Crippen molar-refractivity contribution in [1.29, 1.82) is 0 Å². The van der Waals surface area contributed by atoms with Crippen molar-refractivity contribution in [2.45, 2.75) is 38.8 Å². The van der Waals surface area contributed by atoms with Gasteiger partial charge in [-0.2, -0.15) is 0 Å². The molecule has 7 heteroatoms. The van der Waals surface area contributed by atoms with Crippen LogP contribution in [0.2, 0.25) is 0 Å². The van der Waals surface area contributed by atoms with Crippen LogP contribution in [-0.2, 0) is 16.1 Å². The molecule has 23 heavy (non-hydrogen) atoms. The summed E-state index contributed by atoms with van der Waals surface area (Å²) in [6.07, 6.45) is 1.39. The summed E-state index contributed by atoms with van der Waals surface area (Å²) in [6, 6.07) is 6.48. The van der Waals surface area contributed by atoms with E-state index in [0.29, 0.717) is 12.2 Å². The number of ether oxygens (including phenoxy) is 1. The lowest BCUT2D eigenvalue weighted by atomic mass is 9.96. The molecule has 1 heterocycles. The van der Waals surface area contributed by atoms with Crippen molar-refractivity contribution in [3.8, 4) is 5.75 Å². The van der Waals surface area contributed by atoms with Crippen LogP contribution in [0.25, 0.3) is 0 Å². The van der Waals surface area contributed by atoms with Gasteiger partial charge in [0.15, 0.2) is 6.61 Å². The Balaban J connectivity index is 2.10. The molecule has 4 amide bonds. The van der Waals surface area contributed by atoms with Crippen LogP contribution in [0.4, 0.5) is 4.79 Å². The number of hydrogen-bond donors (Lipinski definition) is 2. The Morgan fingerprint density at radius 3 is 2.78 bits per heavy atom. The predicted octanol–water partition coefficient (Wildman–Crippen LogP) is 1.16. The number of rotatable bonds is 7. The van der Waals surface area contributed by atoms with Crippen LogP contribution in [0.3, 0.4) is 0 Å². The molecule has 1 aliphatic heterocycles. The van der Waals surface area contributed by atoms with Gasteiger partial charge in [-0.3, -0.25) is 14.5 Å². The molecule has 0 bridgehead atoms. The molecule has 1 aromatic carbocycles. The number of imide groups is 1. The largest absolute Gasteiger partial charge is 0.484 e. The summed E-state index contributed by atoms with van der Waals surface area (Å²) in [6.45, 7) is 3.63. The third-order valence-corrected chi connectivity index (χ3v) is 3.72. The predicted molar refractivity (Wildman–Crippen MR) is 83.5 cm³/mol. The van der Waals surface area contributed by atoms with Gasteiger partial charge in [-0.1, -0.05) is 25.5 Å². The first-order chi connectivity index (χ1) is 10.9. The summed E-state index contributed by atoms with van der Waals surface area (Å²) in [5.41, 5.74) is 4.93. The van der Waals surface area contributed by atoms with Gasteiger partial charge in [0.2, 0.25) is 0 Å². The van der Waals surface area contributed by atoms with Crippen molar-refractivity contribution in [3.05, 3.63) is 29.8 Å². The summed E-state index contributed by atoms with van der Waals surface area (Å²) in [4.78, 5) is 36.5. The number of urea groups is 1. The van der Waals surface area contributed by atoms with Crippen LogP contribution in [-0.4, -0.2) is 34.9 Å². The van der Waals surface area contributed by atoms with Crippen molar-refractivity contribution in [2.24, 2.45) is 5.73 Å². The number of carbonyl (C=O) groups is 3. The van der Waals surface area contributed by atoms with E-state index in [9.17, 15) is 14.4 Å². The fourth-order valence-corrected chi connectivity index (χ4v) is 2.63. The second-order valence-electron chi connectivity index (χ2n) is 5.81. The Hall–Kier alpha value is -2.57. The van der Waals surface area contributed by atoms with E-state index in [2.05, 4.69) is 5.32 Å². The summed E-state index contributed by atoms with van der Waals surface area (Å²) in [5.74, 6) is -0.336. The molecule has 2 rings (SSSR count). The van der Waals surface area contributed by atoms with Gasteiger partial charge >= 0.3 is 6.03 Å². The van der Waals surface area contributed by atoms with Crippen LogP contribution < -0.4 is 15.8 Å². The molecule has 3 N–H and O–H groups in total. The third kappa shape index (κ3) is 3.80. The lowest BCUT2D eigenvalue weighted by Crippen LogP contribution is -2.43. The second-order valence-corrected chi connectivity index (χ2v) is 5.81. The minimum absolute atomic E-state index is 0.151. The molecular weight excluding hydrogens is 298 g/mol. The third-order valence-electron chi connectivity index (χ3n) is 3.72. The molecule has 7 nitrogen and oxygen atoms in total. The molecule has 1 aromatic rings. The van der Waals surface area contributed by atoms with Gasteiger partial charge < -0.3 is 15.8 Å². The van der Waals surface area contributed by atoms with Crippen LogP contribution in [0.1, 0.15) is 32.3 Å². The average Bonchev–Trinajstić information content (AvgIpc) is 2.69. The van der Waals surface area contributed by atoms with Gasteiger partial charge in [-0.25, -0.2) is 4.79 Å². The van der Waals surface area contributed by atoms with Gasteiger partial charge in [0, 0.05) is 0 Å². The normalized spacial score (nSPS) is 20.5. The van der Waals surface area contributed by atoms with E-state index in [4.69, 9.17) is 10.5 Å². The standard InChI is InChI=1S/C16H21N3O4/c1-3-7-16(2)14(21)19(15(22)18-16)9-11-5-4-6-12(8-11)23-10-13(17)20/h4-6,8H,3,7,9-10H2,1-2H3,(H2,17,20)(H,18,22)/t16-/m0/s1. The highest BCUT2D eigenvalue weighted by atomic mass is 16.5. The van der Waals surface area contributed by atoms with Gasteiger partial charge in [0.1, 0.15) is 11.3 Å². The first kappa shape index (κ1) is 16.8. The van der Waals surface area contributed by atoms with E-state index in [0.717, 1.165) is 12.0 Å². The van der Waals surface area contributed by atoms with Crippen LogP contribution >= 0.6 is 0 Å². The number of benzene rings is 1. The van der Waals surface area contributed by atoms with Crippen molar-refractivity contribution in [2.75, 3.05) is 6.61 Å². The van der Waals surface area contributed by atoms with E-state index < -0.39 is 17.5 Å². The molecule has 1 atom stereocenters. The van der Waals surface area contributed by atoms with Crippen LogP contribution in [0, 0.1) is 0 Å².